The second kappa shape index (κ2) is 6.82. The molecule has 0 amide bonds. The molecule has 0 aromatic carbocycles. The summed E-state index contributed by atoms with van der Waals surface area (Å²) in [5.74, 6) is -0.826. The Morgan fingerprint density at radius 3 is 2.69 bits per heavy atom. The minimum Gasteiger partial charge on any atom is -0.481 e. The molecule has 0 aliphatic rings. The van der Waals surface area contributed by atoms with E-state index >= 15 is 0 Å². The maximum atomic E-state index is 10.2. The van der Waals surface area contributed by atoms with Crippen LogP contribution in [-0.2, 0) is 9.53 Å². The summed E-state index contributed by atoms with van der Waals surface area (Å²) in [5, 5.41) is 17.7. The number of methoxy groups -OCH3 is 1. The molecule has 0 aliphatic carbocycles. The van der Waals surface area contributed by atoms with E-state index in [-0.39, 0.29) is 13.0 Å². The molecule has 5 heteroatoms. The van der Waals surface area contributed by atoms with Crippen molar-refractivity contribution in [3.8, 4) is 0 Å². The van der Waals surface area contributed by atoms with Crippen molar-refractivity contribution >= 4 is 5.97 Å². The van der Waals surface area contributed by atoms with E-state index < -0.39 is 12.1 Å². The summed E-state index contributed by atoms with van der Waals surface area (Å²) >= 11 is 0. The lowest BCUT2D eigenvalue weighted by Gasteiger charge is -2.18. The molecule has 0 saturated carbocycles. The van der Waals surface area contributed by atoms with Gasteiger partial charge in [-0.05, 0) is 7.05 Å². The van der Waals surface area contributed by atoms with Crippen LogP contribution < -0.4 is 0 Å². The maximum absolute atomic E-state index is 10.2. The Balaban J connectivity index is 3.48. The normalized spacial score (nSPS) is 13.2. The average molecular weight is 191 g/mol. The number of carboxylic acid groups (broad SMARTS) is 1. The number of aliphatic hydroxyl groups is 1. The van der Waals surface area contributed by atoms with Gasteiger partial charge in [0.25, 0.3) is 0 Å². The third-order valence-corrected chi connectivity index (χ3v) is 1.59. The van der Waals surface area contributed by atoms with Gasteiger partial charge in [-0.1, -0.05) is 0 Å². The van der Waals surface area contributed by atoms with Gasteiger partial charge < -0.3 is 19.8 Å². The molecular formula is C8H17NO4. The fraction of sp³-hybridized carbons (Fsp3) is 0.875. The molecule has 0 aromatic rings. The van der Waals surface area contributed by atoms with Gasteiger partial charge in [-0.2, -0.15) is 0 Å². The van der Waals surface area contributed by atoms with E-state index in [1.54, 1.807) is 11.9 Å². The van der Waals surface area contributed by atoms with Crippen LogP contribution >= 0.6 is 0 Å². The van der Waals surface area contributed by atoms with Gasteiger partial charge in [-0.25, -0.2) is 0 Å². The van der Waals surface area contributed by atoms with Gasteiger partial charge in [0, 0.05) is 20.2 Å². The number of nitrogens with zero attached hydrogens (tertiary/aromatic N) is 1. The predicted molar refractivity (Wildman–Crippen MR) is 47.6 cm³/mol. The first-order chi connectivity index (χ1) is 6.06. The van der Waals surface area contributed by atoms with E-state index in [0.29, 0.717) is 13.1 Å². The van der Waals surface area contributed by atoms with Crippen molar-refractivity contribution in [2.45, 2.75) is 12.5 Å². The third kappa shape index (κ3) is 7.70. The van der Waals surface area contributed by atoms with Crippen LogP contribution in [0.25, 0.3) is 0 Å². The third-order valence-electron chi connectivity index (χ3n) is 1.59. The zero-order valence-corrected chi connectivity index (χ0v) is 8.06. The zero-order valence-electron chi connectivity index (χ0n) is 8.06. The predicted octanol–water partition coefficient (Wildman–Crippen LogP) is -0.600. The van der Waals surface area contributed by atoms with Crippen molar-refractivity contribution in [2.75, 3.05) is 33.9 Å². The molecular weight excluding hydrogens is 174 g/mol. The summed E-state index contributed by atoms with van der Waals surface area (Å²) in [5.41, 5.74) is 0. The van der Waals surface area contributed by atoms with Gasteiger partial charge in [0.1, 0.15) is 0 Å². The number of carbonyl (C=O) groups is 1. The molecule has 2 N–H and O–H groups in total. The summed E-state index contributed by atoms with van der Waals surface area (Å²) in [7, 11) is 3.28. The Hall–Kier alpha value is -0.650. The number of rotatable bonds is 7. The lowest BCUT2D eigenvalue weighted by atomic mass is 10.3. The van der Waals surface area contributed by atoms with Gasteiger partial charge >= 0.3 is 5.97 Å². The topological polar surface area (TPSA) is 70.0 Å². The fourth-order valence-electron chi connectivity index (χ4n) is 0.983. The van der Waals surface area contributed by atoms with Crippen molar-refractivity contribution in [3.05, 3.63) is 0 Å². The van der Waals surface area contributed by atoms with Gasteiger partial charge in [0.2, 0.25) is 0 Å². The highest BCUT2D eigenvalue weighted by Gasteiger charge is 2.08. The number of aliphatic hydroxyl groups excluding tert-OH is 1. The van der Waals surface area contributed by atoms with Crippen LogP contribution in [0.5, 0.6) is 0 Å². The van der Waals surface area contributed by atoms with E-state index in [2.05, 4.69) is 0 Å². The highest BCUT2D eigenvalue weighted by Crippen LogP contribution is 1.92. The minimum absolute atomic E-state index is 0.0935. The molecule has 78 valence electrons. The van der Waals surface area contributed by atoms with Crippen LogP contribution in [0, 0.1) is 0 Å². The second-order valence-electron chi connectivity index (χ2n) is 3.02. The minimum atomic E-state index is -0.826. The molecule has 13 heavy (non-hydrogen) atoms. The second-order valence-corrected chi connectivity index (χ2v) is 3.02. The first-order valence-electron chi connectivity index (χ1n) is 4.13. The molecule has 0 bridgehead atoms. The molecule has 0 saturated heterocycles. The van der Waals surface area contributed by atoms with Crippen molar-refractivity contribution in [1.82, 2.24) is 4.90 Å². The smallest absolute Gasteiger partial charge is 0.304 e. The molecule has 0 heterocycles. The Kier molecular flexibility index (Phi) is 6.48. The summed E-state index contributed by atoms with van der Waals surface area (Å²) in [6.07, 6.45) is -0.459. The van der Waals surface area contributed by atoms with E-state index in [9.17, 15) is 9.90 Å². The highest BCUT2D eigenvalue weighted by atomic mass is 16.5. The number of hydrogen-bond acceptors (Lipinski definition) is 4. The number of aliphatic carboxylic acids is 1. The molecule has 1 atom stereocenters. The highest BCUT2D eigenvalue weighted by molar-refractivity contribution is 5.66. The summed E-state index contributed by atoms with van der Waals surface area (Å²) in [4.78, 5) is 12.0. The quantitative estimate of drug-likeness (QED) is 0.562. The number of hydrogen-bond donors (Lipinski definition) is 2. The van der Waals surface area contributed by atoms with Crippen LogP contribution in [0.4, 0.5) is 0 Å². The van der Waals surface area contributed by atoms with Crippen LogP contribution in [0.1, 0.15) is 6.42 Å². The lowest BCUT2D eigenvalue weighted by molar-refractivity contribution is -0.137. The fourth-order valence-corrected chi connectivity index (χ4v) is 0.983. The molecule has 0 aliphatic heterocycles. The molecule has 0 radical (unpaired) electrons. The number of ether oxygens (including phenoxy) is 1. The molecule has 0 rings (SSSR count). The van der Waals surface area contributed by atoms with Gasteiger partial charge in [-0.3, -0.25) is 4.79 Å². The Labute approximate surface area is 77.9 Å². The zero-order chi connectivity index (χ0) is 10.3. The Morgan fingerprint density at radius 1 is 1.62 bits per heavy atom. The molecule has 0 aromatic heterocycles. The lowest BCUT2D eigenvalue weighted by Crippen LogP contribution is -2.33. The number of carboxylic acids is 1. The van der Waals surface area contributed by atoms with Gasteiger partial charge in [0.15, 0.2) is 0 Å². The summed E-state index contributed by atoms with van der Waals surface area (Å²) in [6.45, 7) is 1.15. The van der Waals surface area contributed by atoms with Crippen LogP contribution in [0.15, 0.2) is 0 Å². The molecule has 1 unspecified atom stereocenters. The van der Waals surface area contributed by atoms with E-state index in [1.165, 1.54) is 7.11 Å². The first kappa shape index (κ1) is 12.3. The first-order valence-corrected chi connectivity index (χ1v) is 4.13. The van der Waals surface area contributed by atoms with Gasteiger partial charge in [-0.15, -0.1) is 0 Å². The monoisotopic (exact) mass is 191 g/mol. The van der Waals surface area contributed by atoms with Crippen molar-refractivity contribution in [1.29, 1.82) is 0 Å². The molecule has 0 fully saturated rings. The SMILES string of the molecule is COCC(O)CN(C)CCC(=O)O. The van der Waals surface area contributed by atoms with E-state index in [0.717, 1.165) is 0 Å². The summed E-state index contributed by atoms with van der Waals surface area (Å²) in [6, 6.07) is 0. The number of likely N-dealkylation sites (N-methyl/N-ethyl adjacent to an activating group) is 1. The Bertz CT molecular complexity index is 151. The van der Waals surface area contributed by atoms with E-state index in [4.69, 9.17) is 9.84 Å². The van der Waals surface area contributed by atoms with E-state index in [1.807, 2.05) is 0 Å². The standard InChI is InChI=1S/C8H17NO4/c1-9(4-3-8(11)12)5-7(10)6-13-2/h7,10H,3-6H2,1-2H3,(H,11,12). The molecule has 5 nitrogen and oxygen atoms in total. The Morgan fingerprint density at radius 2 is 2.23 bits per heavy atom. The van der Waals surface area contributed by atoms with Gasteiger partial charge in [0.05, 0.1) is 19.1 Å². The van der Waals surface area contributed by atoms with Crippen molar-refractivity contribution in [2.24, 2.45) is 0 Å². The summed E-state index contributed by atoms with van der Waals surface area (Å²) < 4.78 is 4.74. The van der Waals surface area contributed by atoms with Crippen LogP contribution in [0.3, 0.4) is 0 Å². The largest absolute Gasteiger partial charge is 0.481 e. The maximum Gasteiger partial charge on any atom is 0.304 e. The van der Waals surface area contributed by atoms with Crippen molar-refractivity contribution < 1.29 is 19.7 Å². The molecule has 0 spiro atoms. The average Bonchev–Trinajstić information content (AvgIpc) is 2.01. The van der Waals surface area contributed by atoms with Crippen LogP contribution in [0.2, 0.25) is 0 Å². The van der Waals surface area contributed by atoms with Crippen molar-refractivity contribution in [3.63, 3.8) is 0 Å². The van der Waals surface area contributed by atoms with Crippen LogP contribution in [-0.4, -0.2) is 61.0 Å².